The lowest BCUT2D eigenvalue weighted by atomic mass is 9.95. The quantitative estimate of drug-likeness (QED) is 0.711. The first-order valence-corrected chi connectivity index (χ1v) is 11.2. The molecule has 31 heavy (non-hydrogen) atoms. The van der Waals surface area contributed by atoms with Crippen LogP contribution in [0.4, 0.5) is 0 Å². The Morgan fingerprint density at radius 3 is 2.74 bits per heavy atom. The first kappa shape index (κ1) is 19.8. The molecule has 2 unspecified atom stereocenters. The van der Waals surface area contributed by atoms with E-state index in [0.29, 0.717) is 23.9 Å². The van der Waals surface area contributed by atoms with Crippen molar-refractivity contribution in [1.29, 1.82) is 5.26 Å². The van der Waals surface area contributed by atoms with Crippen LogP contribution in [0.1, 0.15) is 65.5 Å². The molecule has 3 N–H and O–H groups in total. The minimum absolute atomic E-state index is 0.0668. The van der Waals surface area contributed by atoms with E-state index in [1.165, 1.54) is 19.3 Å². The molecule has 1 aromatic carbocycles. The number of nitrogens with zero attached hydrogens (tertiary/aromatic N) is 2. The first-order chi connectivity index (χ1) is 15.1. The third-order valence-electron chi connectivity index (χ3n) is 7.04. The fourth-order valence-corrected chi connectivity index (χ4v) is 5.57. The third-order valence-corrected chi connectivity index (χ3v) is 7.04. The summed E-state index contributed by atoms with van der Waals surface area (Å²) in [5.74, 6) is -0.199. The molecule has 0 saturated carbocycles. The van der Waals surface area contributed by atoms with Crippen molar-refractivity contribution in [2.75, 3.05) is 6.54 Å². The van der Waals surface area contributed by atoms with Crippen LogP contribution in [0.2, 0.25) is 0 Å². The molecule has 0 spiro atoms. The summed E-state index contributed by atoms with van der Waals surface area (Å²) < 4.78 is 0. The van der Waals surface area contributed by atoms with Crippen LogP contribution in [0.5, 0.6) is 0 Å². The molecule has 5 rings (SSSR count). The van der Waals surface area contributed by atoms with Crippen molar-refractivity contribution in [2.45, 2.75) is 62.7 Å². The monoisotopic (exact) mass is 417 g/mol. The molecule has 2 fully saturated rings. The summed E-state index contributed by atoms with van der Waals surface area (Å²) in [6.45, 7) is 1.00. The van der Waals surface area contributed by atoms with E-state index in [1.54, 1.807) is 12.1 Å². The number of H-pyrrole nitrogens is 1. The molecule has 160 valence electrons. The first-order valence-electron chi connectivity index (χ1n) is 11.2. The van der Waals surface area contributed by atoms with E-state index < -0.39 is 0 Å². The van der Waals surface area contributed by atoms with Crippen molar-refractivity contribution in [1.82, 2.24) is 20.5 Å². The van der Waals surface area contributed by atoms with Crippen LogP contribution < -0.4 is 10.6 Å². The lowest BCUT2D eigenvalue weighted by molar-refractivity contribution is -0.129. The van der Waals surface area contributed by atoms with Gasteiger partial charge in [-0.05, 0) is 68.3 Å². The predicted molar refractivity (Wildman–Crippen MR) is 115 cm³/mol. The van der Waals surface area contributed by atoms with E-state index in [0.717, 1.165) is 30.5 Å². The van der Waals surface area contributed by atoms with Crippen molar-refractivity contribution in [3.8, 4) is 6.07 Å². The normalized spacial score (nSPS) is 27.2. The lowest BCUT2D eigenvalue weighted by Crippen LogP contribution is -2.55. The Morgan fingerprint density at radius 2 is 1.90 bits per heavy atom. The maximum Gasteiger partial charge on any atom is 0.268 e. The Hall–Kier alpha value is -3.11. The highest BCUT2D eigenvalue weighted by atomic mass is 16.2. The van der Waals surface area contributed by atoms with Crippen molar-refractivity contribution in [3.05, 3.63) is 58.9 Å². The van der Waals surface area contributed by atoms with Gasteiger partial charge in [0.15, 0.2) is 0 Å². The highest BCUT2D eigenvalue weighted by Gasteiger charge is 2.40. The summed E-state index contributed by atoms with van der Waals surface area (Å²) in [6, 6.07) is 13.2. The number of fused-ring (bicyclic) bond motifs is 2. The predicted octanol–water partition coefficient (Wildman–Crippen LogP) is 2.42. The van der Waals surface area contributed by atoms with Gasteiger partial charge in [0.1, 0.15) is 17.5 Å². The standard InChI is InChI=1S/C24H27N5O2/c25-14-16-10-11-19(26-16)23(30)28-22-18-8-2-1-5-15(18)13-20(22)27-24(31)21-9-3-6-17-7-4-12-29(17)21/h1-2,5,8,10-11,17,20-22,26H,3-4,6-7,9,12-13H2,(H,27,31)(H,28,30)/t17?,20-,21?,22-/m1/s1. The Labute approximate surface area is 181 Å². The van der Waals surface area contributed by atoms with Gasteiger partial charge in [0.05, 0.1) is 18.1 Å². The Bertz CT molecular complexity index is 1040. The van der Waals surface area contributed by atoms with Gasteiger partial charge in [-0.25, -0.2) is 0 Å². The van der Waals surface area contributed by atoms with Crippen LogP contribution in [-0.4, -0.2) is 46.4 Å². The summed E-state index contributed by atoms with van der Waals surface area (Å²) in [4.78, 5) is 31.3. The molecule has 7 heteroatoms. The number of piperidine rings is 1. The average molecular weight is 418 g/mol. The summed E-state index contributed by atoms with van der Waals surface area (Å²) >= 11 is 0. The lowest BCUT2D eigenvalue weighted by Gasteiger charge is -2.37. The van der Waals surface area contributed by atoms with Crippen molar-refractivity contribution >= 4 is 11.8 Å². The molecule has 0 radical (unpaired) electrons. The van der Waals surface area contributed by atoms with Gasteiger partial charge in [0, 0.05) is 6.04 Å². The molecule has 1 aliphatic carbocycles. The van der Waals surface area contributed by atoms with E-state index in [4.69, 9.17) is 5.26 Å². The average Bonchev–Trinajstić information content (AvgIpc) is 3.52. The van der Waals surface area contributed by atoms with Gasteiger partial charge >= 0.3 is 0 Å². The van der Waals surface area contributed by atoms with Crippen LogP contribution in [-0.2, 0) is 11.2 Å². The number of rotatable bonds is 4. The maximum absolute atomic E-state index is 13.3. The SMILES string of the molecule is N#Cc1ccc(C(=O)N[C@@H]2c3ccccc3C[C@H]2NC(=O)C2CCCC3CCCN32)[nH]1. The smallest absolute Gasteiger partial charge is 0.268 e. The topological polar surface area (TPSA) is 101 Å². The van der Waals surface area contributed by atoms with Gasteiger partial charge < -0.3 is 15.6 Å². The van der Waals surface area contributed by atoms with Gasteiger partial charge in [-0.2, -0.15) is 5.26 Å². The number of hydrogen-bond acceptors (Lipinski definition) is 4. The molecule has 3 heterocycles. The molecular weight excluding hydrogens is 390 g/mol. The van der Waals surface area contributed by atoms with Crippen LogP contribution in [0.25, 0.3) is 0 Å². The Morgan fingerprint density at radius 1 is 1.06 bits per heavy atom. The van der Waals surface area contributed by atoms with Crippen LogP contribution >= 0.6 is 0 Å². The van der Waals surface area contributed by atoms with Crippen molar-refractivity contribution in [2.24, 2.45) is 0 Å². The molecule has 2 aliphatic heterocycles. The van der Waals surface area contributed by atoms with E-state index in [9.17, 15) is 9.59 Å². The highest BCUT2D eigenvalue weighted by molar-refractivity contribution is 5.93. The molecule has 1 aromatic heterocycles. The van der Waals surface area contributed by atoms with Gasteiger partial charge in [0.25, 0.3) is 5.91 Å². The molecule has 7 nitrogen and oxygen atoms in total. The van der Waals surface area contributed by atoms with Crippen molar-refractivity contribution < 1.29 is 9.59 Å². The second-order valence-corrected chi connectivity index (χ2v) is 8.85. The minimum atomic E-state index is -0.306. The van der Waals surface area contributed by atoms with E-state index in [2.05, 4.69) is 26.6 Å². The molecule has 0 bridgehead atoms. The number of aromatic amines is 1. The molecule has 2 amide bonds. The number of carbonyl (C=O) groups is 2. The summed E-state index contributed by atoms with van der Waals surface area (Å²) in [5.41, 5.74) is 2.87. The van der Waals surface area contributed by atoms with E-state index in [-0.39, 0.29) is 29.9 Å². The largest absolute Gasteiger partial charge is 0.349 e. The molecule has 4 atom stereocenters. The number of nitrogens with one attached hydrogen (secondary N) is 3. The zero-order valence-electron chi connectivity index (χ0n) is 17.4. The van der Waals surface area contributed by atoms with Gasteiger partial charge in [-0.1, -0.05) is 24.3 Å². The number of carbonyl (C=O) groups excluding carboxylic acids is 2. The number of aromatic nitrogens is 1. The van der Waals surface area contributed by atoms with Gasteiger partial charge in [0.2, 0.25) is 5.91 Å². The van der Waals surface area contributed by atoms with Gasteiger partial charge in [-0.15, -0.1) is 0 Å². The Balaban J connectivity index is 1.34. The number of nitriles is 1. The third kappa shape index (κ3) is 3.72. The van der Waals surface area contributed by atoms with Crippen LogP contribution in [0.3, 0.4) is 0 Å². The van der Waals surface area contributed by atoms with E-state index in [1.807, 2.05) is 24.3 Å². The zero-order valence-corrected chi connectivity index (χ0v) is 17.4. The molecular formula is C24H27N5O2. The fourth-order valence-electron chi connectivity index (χ4n) is 5.57. The van der Waals surface area contributed by atoms with Crippen LogP contribution in [0.15, 0.2) is 36.4 Å². The number of amides is 2. The molecule has 2 saturated heterocycles. The summed E-state index contributed by atoms with van der Waals surface area (Å²) in [7, 11) is 0. The maximum atomic E-state index is 13.3. The zero-order chi connectivity index (χ0) is 21.4. The Kier molecular flexibility index (Phi) is 5.24. The number of hydrogen-bond donors (Lipinski definition) is 3. The van der Waals surface area contributed by atoms with Crippen LogP contribution in [0, 0.1) is 11.3 Å². The minimum Gasteiger partial charge on any atom is -0.349 e. The second kappa shape index (κ2) is 8.20. The molecule has 3 aliphatic rings. The summed E-state index contributed by atoms with van der Waals surface area (Å²) in [6.07, 6.45) is 6.24. The fraction of sp³-hybridized carbons (Fsp3) is 0.458. The summed E-state index contributed by atoms with van der Waals surface area (Å²) in [5, 5.41) is 15.4. The highest BCUT2D eigenvalue weighted by Crippen LogP contribution is 2.34. The van der Waals surface area contributed by atoms with Gasteiger partial charge in [-0.3, -0.25) is 14.5 Å². The van der Waals surface area contributed by atoms with E-state index >= 15 is 0 Å². The number of benzene rings is 1. The van der Waals surface area contributed by atoms with Crippen molar-refractivity contribution in [3.63, 3.8) is 0 Å². The second-order valence-electron chi connectivity index (χ2n) is 8.85. The molecule has 2 aromatic rings.